The molecule has 0 aliphatic carbocycles. The Bertz CT molecular complexity index is 808. The maximum absolute atomic E-state index is 4.48. The van der Waals surface area contributed by atoms with Gasteiger partial charge in [-0.15, -0.1) is 11.3 Å². The third-order valence-corrected chi connectivity index (χ3v) is 5.04. The molecule has 0 unspecified atom stereocenters. The molecule has 3 heteroatoms. The van der Waals surface area contributed by atoms with Crippen LogP contribution in [-0.4, -0.2) is 4.98 Å². The van der Waals surface area contributed by atoms with Crippen LogP contribution in [-0.2, 0) is 5.54 Å². The summed E-state index contributed by atoms with van der Waals surface area (Å²) in [5.74, 6) is 0. The van der Waals surface area contributed by atoms with Gasteiger partial charge in [-0.3, -0.25) is 0 Å². The molecule has 0 aliphatic rings. The molecule has 0 atom stereocenters. The van der Waals surface area contributed by atoms with Crippen molar-refractivity contribution in [1.82, 2.24) is 4.98 Å². The summed E-state index contributed by atoms with van der Waals surface area (Å²) in [6.45, 7) is 0. The topological polar surface area (TPSA) is 24.9 Å². The zero-order valence-corrected chi connectivity index (χ0v) is 14.5. The summed E-state index contributed by atoms with van der Waals surface area (Å²) in [5, 5.41) is 6.62. The molecule has 1 aromatic heterocycles. The Kier molecular flexibility index (Phi) is 4.32. The number of nitrogens with zero attached hydrogens (tertiary/aromatic N) is 1. The second kappa shape index (κ2) is 6.91. The van der Waals surface area contributed by atoms with Crippen molar-refractivity contribution in [3.8, 4) is 0 Å². The van der Waals surface area contributed by atoms with Gasteiger partial charge in [-0.2, -0.15) is 0 Å². The summed E-state index contributed by atoms with van der Waals surface area (Å²) >= 11 is 1.61. The van der Waals surface area contributed by atoms with Crippen molar-refractivity contribution in [2.45, 2.75) is 5.54 Å². The van der Waals surface area contributed by atoms with E-state index in [1.54, 1.807) is 11.3 Å². The van der Waals surface area contributed by atoms with Crippen LogP contribution in [0, 0.1) is 0 Å². The Hall–Kier alpha value is -2.91. The molecule has 3 aromatic carbocycles. The van der Waals surface area contributed by atoms with Gasteiger partial charge < -0.3 is 5.32 Å². The van der Waals surface area contributed by atoms with Gasteiger partial charge in [0.05, 0.1) is 0 Å². The van der Waals surface area contributed by atoms with Crippen LogP contribution in [0.2, 0.25) is 0 Å². The minimum atomic E-state index is -0.498. The fourth-order valence-corrected chi connectivity index (χ4v) is 3.81. The number of anilines is 1. The fourth-order valence-electron chi connectivity index (χ4n) is 3.23. The van der Waals surface area contributed by atoms with E-state index in [2.05, 4.69) is 83.1 Å². The monoisotopic (exact) mass is 342 g/mol. The highest BCUT2D eigenvalue weighted by molar-refractivity contribution is 7.13. The lowest BCUT2D eigenvalue weighted by atomic mass is 9.77. The average Bonchev–Trinajstić information content (AvgIpc) is 3.21. The molecule has 0 saturated heterocycles. The highest BCUT2D eigenvalue weighted by Crippen LogP contribution is 2.40. The molecular weight excluding hydrogens is 324 g/mol. The summed E-state index contributed by atoms with van der Waals surface area (Å²) < 4.78 is 0. The quantitative estimate of drug-likeness (QED) is 0.481. The SMILES string of the molecule is c1ccc(C(Nc2nccs2)(c2ccccc2)c2ccccc2)cc1. The van der Waals surface area contributed by atoms with Crippen molar-refractivity contribution in [2.75, 3.05) is 5.32 Å². The molecule has 0 bridgehead atoms. The lowest BCUT2D eigenvalue weighted by Gasteiger charge is -2.36. The Labute approximate surface area is 151 Å². The summed E-state index contributed by atoms with van der Waals surface area (Å²) in [4.78, 5) is 4.48. The van der Waals surface area contributed by atoms with Crippen molar-refractivity contribution in [1.29, 1.82) is 0 Å². The first-order valence-electron chi connectivity index (χ1n) is 8.24. The number of thiazole rings is 1. The van der Waals surface area contributed by atoms with Crippen molar-refractivity contribution >= 4 is 16.5 Å². The van der Waals surface area contributed by atoms with Crippen LogP contribution in [0.3, 0.4) is 0 Å². The molecule has 0 radical (unpaired) electrons. The predicted molar refractivity (Wildman–Crippen MR) is 105 cm³/mol. The van der Waals surface area contributed by atoms with Crippen LogP contribution in [0.4, 0.5) is 5.13 Å². The van der Waals surface area contributed by atoms with Crippen molar-refractivity contribution in [2.24, 2.45) is 0 Å². The van der Waals surface area contributed by atoms with E-state index in [0.29, 0.717) is 0 Å². The van der Waals surface area contributed by atoms with Crippen LogP contribution in [0.15, 0.2) is 103 Å². The average molecular weight is 342 g/mol. The lowest BCUT2D eigenvalue weighted by molar-refractivity contribution is 0.710. The molecule has 4 rings (SSSR count). The van der Waals surface area contributed by atoms with E-state index in [0.717, 1.165) is 5.13 Å². The standard InChI is InChI=1S/C22H18N2S/c1-4-10-18(11-5-1)22(19-12-6-2-7-13-19,20-14-8-3-9-15-20)24-21-23-16-17-25-21/h1-17H,(H,23,24). The van der Waals surface area contributed by atoms with Crippen molar-refractivity contribution in [3.63, 3.8) is 0 Å². The van der Waals surface area contributed by atoms with E-state index < -0.39 is 5.54 Å². The molecule has 122 valence electrons. The second-order valence-corrected chi connectivity index (χ2v) is 6.70. The predicted octanol–water partition coefficient (Wildman–Crippen LogP) is 5.55. The number of hydrogen-bond acceptors (Lipinski definition) is 3. The number of benzene rings is 3. The molecule has 0 amide bonds. The second-order valence-electron chi connectivity index (χ2n) is 5.81. The first-order valence-corrected chi connectivity index (χ1v) is 9.12. The van der Waals surface area contributed by atoms with Crippen LogP contribution < -0.4 is 5.32 Å². The van der Waals surface area contributed by atoms with E-state index in [9.17, 15) is 0 Å². The third kappa shape index (κ3) is 2.94. The molecule has 25 heavy (non-hydrogen) atoms. The summed E-state index contributed by atoms with van der Waals surface area (Å²) in [6, 6.07) is 31.6. The van der Waals surface area contributed by atoms with Crippen LogP contribution >= 0.6 is 11.3 Å². The van der Waals surface area contributed by atoms with Crippen molar-refractivity contribution in [3.05, 3.63) is 119 Å². The smallest absolute Gasteiger partial charge is 0.183 e. The highest BCUT2D eigenvalue weighted by atomic mass is 32.1. The largest absolute Gasteiger partial charge is 0.344 e. The van der Waals surface area contributed by atoms with Gasteiger partial charge in [0.1, 0.15) is 5.54 Å². The van der Waals surface area contributed by atoms with Crippen LogP contribution in [0.1, 0.15) is 16.7 Å². The van der Waals surface area contributed by atoms with Crippen LogP contribution in [0.25, 0.3) is 0 Å². The zero-order chi connectivity index (χ0) is 17.0. The van der Waals surface area contributed by atoms with Gasteiger partial charge in [-0.25, -0.2) is 4.98 Å². The zero-order valence-electron chi connectivity index (χ0n) is 13.7. The maximum Gasteiger partial charge on any atom is 0.183 e. The van der Waals surface area contributed by atoms with E-state index in [1.165, 1.54) is 16.7 Å². The van der Waals surface area contributed by atoms with Crippen LogP contribution in [0.5, 0.6) is 0 Å². The Morgan fingerprint density at radius 1 is 0.640 bits per heavy atom. The van der Waals surface area contributed by atoms with E-state index in [4.69, 9.17) is 0 Å². The first-order chi connectivity index (χ1) is 12.4. The van der Waals surface area contributed by atoms with Crippen molar-refractivity contribution < 1.29 is 0 Å². The van der Waals surface area contributed by atoms with E-state index >= 15 is 0 Å². The first kappa shape index (κ1) is 15.6. The third-order valence-electron chi connectivity index (χ3n) is 4.35. The molecule has 1 heterocycles. The molecule has 0 spiro atoms. The highest BCUT2D eigenvalue weighted by Gasteiger charge is 2.36. The molecule has 2 nitrogen and oxygen atoms in total. The summed E-state index contributed by atoms with van der Waals surface area (Å²) in [5.41, 5.74) is 3.05. The maximum atomic E-state index is 4.48. The van der Waals surface area contributed by atoms with Gasteiger partial charge in [-0.05, 0) is 16.7 Å². The molecule has 0 fully saturated rings. The number of hydrogen-bond donors (Lipinski definition) is 1. The fraction of sp³-hybridized carbons (Fsp3) is 0.0455. The van der Waals surface area contributed by atoms with Gasteiger partial charge in [0.25, 0.3) is 0 Å². The van der Waals surface area contributed by atoms with Gasteiger partial charge in [0, 0.05) is 11.6 Å². The summed E-state index contributed by atoms with van der Waals surface area (Å²) in [6.07, 6.45) is 1.83. The molecule has 0 saturated carbocycles. The minimum absolute atomic E-state index is 0.498. The normalized spacial score (nSPS) is 11.2. The van der Waals surface area contributed by atoms with Gasteiger partial charge in [0.15, 0.2) is 5.13 Å². The molecular formula is C22H18N2S. The Morgan fingerprint density at radius 2 is 1.08 bits per heavy atom. The number of rotatable bonds is 5. The van der Waals surface area contributed by atoms with E-state index in [1.807, 2.05) is 29.8 Å². The lowest BCUT2D eigenvalue weighted by Crippen LogP contribution is -2.38. The Balaban J connectivity index is 2.01. The number of nitrogens with one attached hydrogen (secondary N) is 1. The van der Waals surface area contributed by atoms with Gasteiger partial charge in [0.2, 0.25) is 0 Å². The molecule has 4 aromatic rings. The molecule has 1 N–H and O–H groups in total. The van der Waals surface area contributed by atoms with Gasteiger partial charge in [-0.1, -0.05) is 91.0 Å². The molecule has 0 aliphatic heterocycles. The van der Waals surface area contributed by atoms with E-state index in [-0.39, 0.29) is 0 Å². The Morgan fingerprint density at radius 3 is 1.44 bits per heavy atom. The number of aromatic nitrogens is 1. The summed E-state index contributed by atoms with van der Waals surface area (Å²) in [7, 11) is 0. The minimum Gasteiger partial charge on any atom is -0.344 e. The van der Waals surface area contributed by atoms with Gasteiger partial charge >= 0.3 is 0 Å².